The number of rotatable bonds is 3. The summed E-state index contributed by atoms with van der Waals surface area (Å²) in [6, 6.07) is 0. The van der Waals surface area contributed by atoms with E-state index in [2.05, 4.69) is 33.8 Å². The topological polar surface area (TPSA) is 0 Å². The van der Waals surface area contributed by atoms with E-state index in [4.69, 9.17) is 0 Å². The summed E-state index contributed by atoms with van der Waals surface area (Å²) in [5, 5.41) is 0. The molecule has 104 valence electrons. The van der Waals surface area contributed by atoms with Gasteiger partial charge in [0.15, 0.2) is 0 Å². The minimum atomic E-state index is 0.512. The first kappa shape index (κ1) is 14.2. The minimum absolute atomic E-state index is 0.512. The van der Waals surface area contributed by atoms with Crippen LogP contribution in [-0.4, -0.2) is 0 Å². The summed E-state index contributed by atoms with van der Waals surface area (Å²) in [7, 11) is 0. The standard InChI is InChI=1S/C18H32/c1-5-10-16-17(2,3)13-9-14-18(16,4)15-11-7-6-8-12-15/h11,16H,5-10,12-14H2,1-4H3. The van der Waals surface area contributed by atoms with Gasteiger partial charge in [0, 0.05) is 0 Å². The van der Waals surface area contributed by atoms with E-state index in [9.17, 15) is 0 Å². The Kier molecular flexibility index (Phi) is 4.24. The Morgan fingerprint density at radius 1 is 1.11 bits per heavy atom. The van der Waals surface area contributed by atoms with E-state index in [0.29, 0.717) is 10.8 Å². The van der Waals surface area contributed by atoms with Gasteiger partial charge in [0.25, 0.3) is 0 Å². The number of hydrogen-bond donors (Lipinski definition) is 0. The fourth-order valence-electron chi connectivity index (χ4n) is 4.86. The van der Waals surface area contributed by atoms with Crippen LogP contribution in [0.1, 0.15) is 85.5 Å². The molecule has 2 unspecified atom stereocenters. The van der Waals surface area contributed by atoms with Gasteiger partial charge in [0.2, 0.25) is 0 Å². The molecule has 0 aromatic heterocycles. The zero-order valence-corrected chi connectivity index (χ0v) is 13.0. The van der Waals surface area contributed by atoms with Crippen molar-refractivity contribution in [3.05, 3.63) is 11.6 Å². The Bertz CT molecular complexity index is 310. The minimum Gasteiger partial charge on any atom is -0.0848 e. The maximum atomic E-state index is 2.60. The van der Waals surface area contributed by atoms with Crippen molar-refractivity contribution in [1.82, 2.24) is 0 Å². The fraction of sp³-hybridized carbons (Fsp3) is 0.889. The van der Waals surface area contributed by atoms with Crippen LogP contribution < -0.4 is 0 Å². The van der Waals surface area contributed by atoms with Crippen molar-refractivity contribution in [2.45, 2.75) is 85.5 Å². The molecule has 0 heteroatoms. The molecule has 0 aliphatic heterocycles. The second kappa shape index (κ2) is 5.39. The van der Waals surface area contributed by atoms with E-state index >= 15 is 0 Å². The lowest BCUT2D eigenvalue weighted by Gasteiger charge is -2.53. The normalized spacial score (nSPS) is 36.2. The molecule has 0 bridgehead atoms. The maximum Gasteiger partial charge on any atom is -0.00831 e. The average Bonchev–Trinajstić information content (AvgIpc) is 2.35. The third kappa shape index (κ3) is 2.53. The van der Waals surface area contributed by atoms with Crippen LogP contribution in [0.15, 0.2) is 11.6 Å². The molecule has 0 saturated heterocycles. The quantitative estimate of drug-likeness (QED) is 0.528. The maximum absolute atomic E-state index is 2.60. The van der Waals surface area contributed by atoms with Gasteiger partial charge in [-0.15, -0.1) is 0 Å². The number of allylic oxidation sites excluding steroid dienone is 2. The molecule has 0 nitrogen and oxygen atoms in total. The summed E-state index contributed by atoms with van der Waals surface area (Å²) in [5.41, 5.74) is 2.87. The van der Waals surface area contributed by atoms with Crippen molar-refractivity contribution < 1.29 is 0 Å². The summed E-state index contributed by atoms with van der Waals surface area (Å²) in [6.45, 7) is 9.99. The first-order valence-electron chi connectivity index (χ1n) is 8.20. The second-order valence-electron chi connectivity index (χ2n) is 7.58. The van der Waals surface area contributed by atoms with Crippen LogP contribution in [0.5, 0.6) is 0 Å². The summed E-state index contributed by atoms with van der Waals surface area (Å²) in [4.78, 5) is 0. The monoisotopic (exact) mass is 248 g/mol. The lowest BCUT2D eigenvalue weighted by atomic mass is 9.52. The van der Waals surface area contributed by atoms with Gasteiger partial charge >= 0.3 is 0 Å². The van der Waals surface area contributed by atoms with Crippen LogP contribution in [0.25, 0.3) is 0 Å². The third-order valence-corrected chi connectivity index (χ3v) is 5.83. The predicted octanol–water partition coefficient (Wildman–Crippen LogP) is 6.12. The highest BCUT2D eigenvalue weighted by atomic mass is 14.5. The van der Waals surface area contributed by atoms with Gasteiger partial charge in [-0.1, -0.05) is 52.2 Å². The summed E-state index contributed by atoms with van der Waals surface area (Å²) in [6.07, 6.45) is 15.2. The molecule has 2 rings (SSSR count). The zero-order chi connectivity index (χ0) is 13.2. The van der Waals surface area contributed by atoms with Crippen LogP contribution in [0.4, 0.5) is 0 Å². The fourth-order valence-corrected chi connectivity index (χ4v) is 4.86. The van der Waals surface area contributed by atoms with E-state index in [1.54, 1.807) is 0 Å². The summed E-state index contributed by atoms with van der Waals surface area (Å²) in [5.74, 6) is 0.896. The lowest BCUT2D eigenvalue weighted by molar-refractivity contribution is 0.0170. The molecular weight excluding hydrogens is 216 g/mol. The van der Waals surface area contributed by atoms with Crippen LogP contribution in [-0.2, 0) is 0 Å². The van der Waals surface area contributed by atoms with E-state index in [-0.39, 0.29) is 0 Å². The SMILES string of the molecule is CCCC1C(C)(C)CCCC1(C)C1=CCCCC1. The van der Waals surface area contributed by atoms with Gasteiger partial charge in [-0.25, -0.2) is 0 Å². The van der Waals surface area contributed by atoms with Gasteiger partial charge in [-0.3, -0.25) is 0 Å². The van der Waals surface area contributed by atoms with Crippen LogP contribution in [0, 0.1) is 16.7 Å². The van der Waals surface area contributed by atoms with Crippen LogP contribution >= 0.6 is 0 Å². The van der Waals surface area contributed by atoms with Crippen molar-refractivity contribution in [1.29, 1.82) is 0 Å². The average molecular weight is 248 g/mol. The molecule has 2 aliphatic carbocycles. The Labute approximate surface area is 114 Å². The van der Waals surface area contributed by atoms with Crippen LogP contribution in [0.2, 0.25) is 0 Å². The highest BCUT2D eigenvalue weighted by Crippen LogP contribution is 2.57. The molecule has 2 aliphatic rings. The van der Waals surface area contributed by atoms with Crippen molar-refractivity contribution in [2.75, 3.05) is 0 Å². The Morgan fingerprint density at radius 2 is 1.89 bits per heavy atom. The molecule has 0 heterocycles. The van der Waals surface area contributed by atoms with Gasteiger partial charge in [-0.05, 0) is 61.7 Å². The largest absolute Gasteiger partial charge is 0.0848 e. The molecule has 0 aromatic carbocycles. The van der Waals surface area contributed by atoms with Gasteiger partial charge in [0.1, 0.15) is 0 Å². The lowest BCUT2D eigenvalue weighted by Crippen LogP contribution is -2.43. The van der Waals surface area contributed by atoms with Crippen molar-refractivity contribution in [3.63, 3.8) is 0 Å². The Hall–Kier alpha value is -0.260. The van der Waals surface area contributed by atoms with Gasteiger partial charge < -0.3 is 0 Å². The molecule has 0 spiro atoms. The predicted molar refractivity (Wildman–Crippen MR) is 80.7 cm³/mol. The Balaban J connectivity index is 2.29. The molecular formula is C18H32. The molecule has 1 saturated carbocycles. The zero-order valence-electron chi connectivity index (χ0n) is 13.0. The summed E-state index contributed by atoms with van der Waals surface area (Å²) >= 11 is 0. The molecule has 0 amide bonds. The molecule has 0 N–H and O–H groups in total. The smallest absolute Gasteiger partial charge is 0.00831 e. The summed E-state index contributed by atoms with van der Waals surface area (Å²) < 4.78 is 0. The van der Waals surface area contributed by atoms with Crippen molar-refractivity contribution >= 4 is 0 Å². The molecule has 18 heavy (non-hydrogen) atoms. The molecule has 2 atom stereocenters. The Morgan fingerprint density at radius 3 is 2.50 bits per heavy atom. The highest BCUT2D eigenvalue weighted by Gasteiger charge is 2.47. The van der Waals surface area contributed by atoms with Gasteiger partial charge in [0.05, 0.1) is 0 Å². The van der Waals surface area contributed by atoms with E-state index in [0.717, 1.165) is 5.92 Å². The highest BCUT2D eigenvalue weighted by molar-refractivity contribution is 5.20. The van der Waals surface area contributed by atoms with E-state index in [1.165, 1.54) is 57.8 Å². The van der Waals surface area contributed by atoms with Crippen molar-refractivity contribution in [2.24, 2.45) is 16.7 Å². The first-order valence-corrected chi connectivity index (χ1v) is 8.20. The molecule has 0 aromatic rings. The van der Waals surface area contributed by atoms with Crippen molar-refractivity contribution in [3.8, 4) is 0 Å². The van der Waals surface area contributed by atoms with Crippen LogP contribution in [0.3, 0.4) is 0 Å². The number of hydrogen-bond acceptors (Lipinski definition) is 0. The van der Waals surface area contributed by atoms with E-state index < -0.39 is 0 Å². The third-order valence-electron chi connectivity index (χ3n) is 5.83. The van der Waals surface area contributed by atoms with Gasteiger partial charge in [-0.2, -0.15) is 0 Å². The molecule has 0 radical (unpaired) electrons. The molecule has 1 fully saturated rings. The van der Waals surface area contributed by atoms with E-state index in [1.807, 2.05) is 5.57 Å². The second-order valence-corrected chi connectivity index (χ2v) is 7.58. The first-order chi connectivity index (χ1) is 8.50.